The van der Waals surface area contributed by atoms with Gasteiger partial charge in [-0.2, -0.15) is 0 Å². The standard InChI is InChI=1S/C11H26N2O2/c1-9(13)4-5-11(15)7-6-10(14)3-2-8-12/h9-11,14-15H,2-8,12-13H2,1H3. The molecule has 0 bridgehead atoms. The van der Waals surface area contributed by atoms with Crippen LogP contribution < -0.4 is 11.5 Å². The van der Waals surface area contributed by atoms with Crippen molar-refractivity contribution in [2.75, 3.05) is 6.54 Å². The van der Waals surface area contributed by atoms with Gasteiger partial charge >= 0.3 is 0 Å². The lowest BCUT2D eigenvalue weighted by Crippen LogP contribution is -2.19. The second-order valence-corrected chi connectivity index (χ2v) is 4.37. The van der Waals surface area contributed by atoms with E-state index in [9.17, 15) is 10.2 Å². The van der Waals surface area contributed by atoms with E-state index in [1.54, 1.807) is 0 Å². The minimum Gasteiger partial charge on any atom is -0.393 e. The first-order valence-electron chi connectivity index (χ1n) is 5.88. The normalized spacial score (nSPS) is 17.4. The number of nitrogens with two attached hydrogens (primary N) is 2. The van der Waals surface area contributed by atoms with Gasteiger partial charge in [0.15, 0.2) is 0 Å². The summed E-state index contributed by atoms with van der Waals surface area (Å²) >= 11 is 0. The average Bonchev–Trinajstić information content (AvgIpc) is 2.20. The minimum atomic E-state index is -0.330. The molecule has 6 N–H and O–H groups in total. The van der Waals surface area contributed by atoms with E-state index in [2.05, 4.69) is 0 Å². The van der Waals surface area contributed by atoms with Crippen LogP contribution in [0.25, 0.3) is 0 Å². The predicted octanol–water partition coefficient (Wildman–Crippen LogP) is 0.355. The Hall–Kier alpha value is -0.160. The van der Waals surface area contributed by atoms with Crippen LogP contribution in [0.2, 0.25) is 0 Å². The van der Waals surface area contributed by atoms with Gasteiger partial charge < -0.3 is 21.7 Å². The van der Waals surface area contributed by atoms with Gasteiger partial charge in [-0.15, -0.1) is 0 Å². The van der Waals surface area contributed by atoms with E-state index in [1.807, 2.05) is 6.92 Å². The average molecular weight is 218 g/mol. The lowest BCUT2D eigenvalue weighted by molar-refractivity contribution is 0.101. The summed E-state index contributed by atoms with van der Waals surface area (Å²) in [7, 11) is 0. The summed E-state index contributed by atoms with van der Waals surface area (Å²) in [6, 6.07) is 0.141. The zero-order chi connectivity index (χ0) is 11.7. The zero-order valence-corrected chi connectivity index (χ0v) is 9.73. The number of rotatable bonds is 9. The van der Waals surface area contributed by atoms with Gasteiger partial charge in [0.05, 0.1) is 12.2 Å². The third kappa shape index (κ3) is 10.1. The molecule has 0 radical (unpaired) electrons. The quantitative estimate of drug-likeness (QED) is 0.449. The second kappa shape index (κ2) is 9.09. The van der Waals surface area contributed by atoms with Crippen molar-refractivity contribution in [1.29, 1.82) is 0 Å². The largest absolute Gasteiger partial charge is 0.393 e. The molecule has 0 aliphatic heterocycles. The summed E-state index contributed by atoms with van der Waals surface area (Å²) in [4.78, 5) is 0. The van der Waals surface area contributed by atoms with Crippen molar-refractivity contribution in [3.05, 3.63) is 0 Å². The summed E-state index contributed by atoms with van der Waals surface area (Å²) in [6.07, 6.45) is 3.79. The van der Waals surface area contributed by atoms with Gasteiger partial charge in [-0.25, -0.2) is 0 Å². The summed E-state index contributed by atoms with van der Waals surface area (Å²) in [5.74, 6) is 0. The van der Waals surface area contributed by atoms with Gasteiger partial charge in [0.1, 0.15) is 0 Å². The molecular formula is C11H26N2O2. The van der Waals surface area contributed by atoms with Crippen molar-refractivity contribution in [2.24, 2.45) is 11.5 Å². The van der Waals surface area contributed by atoms with Crippen LogP contribution in [-0.2, 0) is 0 Å². The van der Waals surface area contributed by atoms with Gasteiger partial charge in [0.2, 0.25) is 0 Å². The Kier molecular flexibility index (Phi) is 9.00. The van der Waals surface area contributed by atoms with Gasteiger partial charge in [0.25, 0.3) is 0 Å². The molecule has 0 fully saturated rings. The first-order valence-corrected chi connectivity index (χ1v) is 5.88. The summed E-state index contributed by atoms with van der Waals surface area (Å²) in [5.41, 5.74) is 10.9. The first kappa shape index (κ1) is 14.8. The molecule has 0 spiro atoms. The number of hydrogen-bond donors (Lipinski definition) is 4. The van der Waals surface area contributed by atoms with Gasteiger partial charge in [-0.05, 0) is 52.0 Å². The number of aliphatic hydroxyl groups excluding tert-OH is 2. The molecule has 15 heavy (non-hydrogen) atoms. The number of aliphatic hydroxyl groups is 2. The Morgan fingerprint density at radius 1 is 0.933 bits per heavy atom. The number of hydrogen-bond acceptors (Lipinski definition) is 4. The molecule has 0 saturated carbocycles. The fourth-order valence-corrected chi connectivity index (χ4v) is 1.48. The Morgan fingerprint density at radius 2 is 1.40 bits per heavy atom. The Labute approximate surface area is 92.7 Å². The highest BCUT2D eigenvalue weighted by Crippen LogP contribution is 2.10. The molecule has 0 aliphatic rings. The van der Waals surface area contributed by atoms with E-state index in [0.29, 0.717) is 19.4 Å². The van der Waals surface area contributed by atoms with E-state index in [1.165, 1.54) is 0 Å². The van der Waals surface area contributed by atoms with Crippen molar-refractivity contribution in [2.45, 2.75) is 63.7 Å². The fraction of sp³-hybridized carbons (Fsp3) is 1.00. The van der Waals surface area contributed by atoms with Crippen LogP contribution in [0.5, 0.6) is 0 Å². The maximum atomic E-state index is 9.58. The molecule has 4 nitrogen and oxygen atoms in total. The molecule has 0 rings (SSSR count). The zero-order valence-electron chi connectivity index (χ0n) is 9.73. The van der Waals surface area contributed by atoms with Crippen LogP contribution >= 0.6 is 0 Å². The van der Waals surface area contributed by atoms with E-state index < -0.39 is 0 Å². The van der Waals surface area contributed by atoms with Crippen molar-refractivity contribution in [1.82, 2.24) is 0 Å². The maximum Gasteiger partial charge on any atom is 0.0541 e. The Morgan fingerprint density at radius 3 is 1.87 bits per heavy atom. The third-order valence-corrected chi connectivity index (χ3v) is 2.53. The van der Waals surface area contributed by atoms with Crippen molar-refractivity contribution < 1.29 is 10.2 Å². The first-order chi connectivity index (χ1) is 7.06. The molecule has 3 atom stereocenters. The molecule has 4 heteroatoms. The summed E-state index contributed by atoms with van der Waals surface area (Å²) in [5, 5.41) is 19.1. The van der Waals surface area contributed by atoms with Crippen molar-refractivity contribution >= 4 is 0 Å². The smallest absolute Gasteiger partial charge is 0.0541 e. The molecule has 3 unspecified atom stereocenters. The SMILES string of the molecule is CC(N)CCC(O)CCC(O)CCCN. The monoisotopic (exact) mass is 218 g/mol. The fourth-order valence-electron chi connectivity index (χ4n) is 1.48. The molecule has 0 aliphatic carbocycles. The second-order valence-electron chi connectivity index (χ2n) is 4.37. The van der Waals surface area contributed by atoms with E-state index >= 15 is 0 Å². The Balaban J connectivity index is 3.39. The van der Waals surface area contributed by atoms with E-state index in [4.69, 9.17) is 11.5 Å². The highest BCUT2D eigenvalue weighted by atomic mass is 16.3. The molecule has 0 aromatic carbocycles. The summed E-state index contributed by atoms with van der Waals surface area (Å²) < 4.78 is 0. The predicted molar refractivity (Wildman–Crippen MR) is 62.4 cm³/mol. The summed E-state index contributed by atoms with van der Waals surface area (Å²) in [6.45, 7) is 2.55. The van der Waals surface area contributed by atoms with Crippen molar-refractivity contribution in [3.63, 3.8) is 0 Å². The van der Waals surface area contributed by atoms with Gasteiger partial charge in [-0.1, -0.05) is 0 Å². The Bertz CT molecular complexity index is 143. The lowest BCUT2D eigenvalue weighted by Gasteiger charge is -2.14. The molecule has 0 heterocycles. The van der Waals surface area contributed by atoms with Crippen LogP contribution in [0.15, 0.2) is 0 Å². The molecule has 92 valence electrons. The highest BCUT2D eigenvalue weighted by molar-refractivity contribution is 4.64. The minimum absolute atomic E-state index is 0.141. The third-order valence-electron chi connectivity index (χ3n) is 2.53. The lowest BCUT2D eigenvalue weighted by atomic mass is 10.0. The van der Waals surface area contributed by atoms with Crippen LogP contribution in [-0.4, -0.2) is 35.0 Å². The van der Waals surface area contributed by atoms with Crippen LogP contribution in [0.3, 0.4) is 0 Å². The van der Waals surface area contributed by atoms with Crippen LogP contribution in [0, 0.1) is 0 Å². The van der Waals surface area contributed by atoms with Gasteiger partial charge in [0, 0.05) is 6.04 Å². The highest BCUT2D eigenvalue weighted by Gasteiger charge is 2.09. The van der Waals surface area contributed by atoms with E-state index in [0.717, 1.165) is 25.7 Å². The topological polar surface area (TPSA) is 92.5 Å². The van der Waals surface area contributed by atoms with Crippen LogP contribution in [0.1, 0.15) is 45.4 Å². The molecule has 0 amide bonds. The van der Waals surface area contributed by atoms with E-state index in [-0.39, 0.29) is 18.2 Å². The molecule has 0 saturated heterocycles. The molecule has 0 aromatic heterocycles. The maximum absolute atomic E-state index is 9.58. The van der Waals surface area contributed by atoms with Gasteiger partial charge in [-0.3, -0.25) is 0 Å². The van der Waals surface area contributed by atoms with Crippen LogP contribution in [0.4, 0.5) is 0 Å². The molecular weight excluding hydrogens is 192 g/mol. The molecule has 0 aromatic rings. The van der Waals surface area contributed by atoms with Crippen molar-refractivity contribution in [3.8, 4) is 0 Å².